The Morgan fingerprint density at radius 3 is 2.82 bits per heavy atom. The minimum atomic E-state index is -0.236. The van der Waals surface area contributed by atoms with Crippen LogP contribution in [-0.2, 0) is 0 Å². The van der Waals surface area contributed by atoms with Crippen LogP contribution in [0.3, 0.4) is 0 Å². The van der Waals surface area contributed by atoms with E-state index in [9.17, 15) is 4.79 Å². The van der Waals surface area contributed by atoms with Crippen LogP contribution in [0.4, 0.5) is 0 Å². The Kier molecular flexibility index (Phi) is 2.69. The number of imidazole rings is 1. The number of hydrogen-bond acceptors (Lipinski definition) is 4. The van der Waals surface area contributed by atoms with Crippen LogP contribution in [0.1, 0.15) is 22.2 Å². The minimum absolute atomic E-state index is 0.0675. The Balaban J connectivity index is 2.09. The van der Waals surface area contributed by atoms with Crippen LogP contribution in [0.5, 0.6) is 5.75 Å². The Hall–Kier alpha value is -2.21. The van der Waals surface area contributed by atoms with E-state index in [-0.39, 0.29) is 10.8 Å². The smallest absolute Gasteiger partial charge is 0.216 e. The van der Waals surface area contributed by atoms with Crippen LogP contribution in [0.25, 0.3) is 17.0 Å². The number of fused-ring (bicyclic) bond motifs is 5. The molecule has 0 amide bonds. The molecule has 2 aromatic heterocycles. The predicted molar refractivity (Wildman–Crippen MR) is 88.5 cm³/mol. The summed E-state index contributed by atoms with van der Waals surface area (Å²) >= 11 is 4.73. The fourth-order valence-corrected chi connectivity index (χ4v) is 3.66. The summed E-state index contributed by atoms with van der Waals surface area (Å²) in [6.45, 7) is 3.67. The normalized spacial score (nSPS) is 15.9. The second kappa shape index (κ2) is 4.39. The predicted octanol–water partition coefficient (Wildman–Crippen LogP) is 2.60. The van der Waals surface area contributed by atoms with E-state index in [1.54, 1.807) is 7.11 Å². The van der Waals surface area contributed by atoms with Gasteiger partial charge in [0.2, 0.25) is 5.95 Å². The van der Waals surface area contributed by atoms with Gasteiger partial charge in [0.25, 0.3) is 0 Å². The highest BCUT2D eigenvalue weighted by Crippen LogP contribution is 2.38. The van der Waals surface area contributed by atoms with Crippen molar-refractivity contribution in [2.24, 2.45) is 0 Å². The molecule has 1 aliphatic heterocycles. The van der Waals surface area contributed by atoms with Gasteiger partial charge >= 0.3 is 0 Å². The number of thiol groups is 1. The van der Waals surface area contributed by atoms with Gasteiger partial charge in [0.15, 0.2) is 5.43 Å². The molecule has 3 aromatic rings. The maximum absolute atomic E-state index is 12.2. The summed E-state index contributed by atoms with van der Waals surface area (Å²) in [7, 11) is 1.64. The first-order valence-electron chi connectivity index (χ1n) is 7.00. The van der Waals surface area contributed by atoms with Gasteiger partial charge < -0.3 is 4.74 Å². The van der Waals surface area contributed by atoms with Crippen molar-refractivity contribution in [1.82, 2.24) is 14.1 Å². The highest BCUT2D eigenvalue weighted by Gasteiger charge is 2.31. The van der Waals surface area contributed by atoms with Gasteiger partial charge in [0.1, 0.15) is 11.1 Å². The zero-order valence-corrected chi connectivity index (χ0v) is 13.4. The average Bonchev–Trinajstić information content (AvgIpc) is 3.01. The molecule has 112 valence electrons. The lowest BCUT2D eigenvalue weighted by Crippen LogP contribution is -2.16. The molecule has 4 rings (SSSR count). The summed E-state index contributed by atoms with van der Waals surface area (Å²) < 4.78 is 9.30. The van der Waals surface area contributed by atoms with E-state index in [4.69, 9.17) is 22.3 Å². The Bertz CT molecular complexity index is 987. The number of aromatic nitrogens is 3. The summed E-state index contributed by atoms with van der Waals surface area (Å²) in [5, 5.41) is -0.236. The molecule has 0 spiro atoms. The molecule has 0 saturated carbocycles. The molecule has 0 N–H and O–H groups in total. The Morgan fingerprint density at radius 2 is 2.09 bits per heavy atom. The van der Waals surface area contributed by atoms with E-state index in [1.807, 2.05) is 47.4 Å². The van der Waals surface area contributed by atoms with Gasteiger partial charge in [0, 0.05) is 23.4 Å². The molecule has 0 saturated heterocycles. The van der Waals surface area contributed by atoms with Gasteiger partial charge in [-0.1, -0.05) is 0 Å². The highest BCUT2D eigenvalue weighted by atomic mass is 32.1. The largest absolute Gasteiger partial charge is 0.497 e. The molecule has 0 fully saturated rings. The van der Waals surface area contributed by atoms with Gasteiger partial charge in [-0.05, 0) is 26.0 Å². The summed E-state index contributed by atoms with van der Waals surface area (Å²) in [4.78, 5) is 16.9. The minimum Gasteiger partial charge on any atom is -0.497 e. The molecular formula is C16H15N3O2S. The average molecular weight is 313 g/mol. The second-order valence-electron chi connectivity index (χ2n) is 5.53. The molecule has 1 unspecified atom stereocenters. The molecule has 6 heteroatoms. The van der Waals surface area contributed by atoms with Crippen molar-refractivity contribution >= 4 is 23.7 Å². The lowest BCUT2D eigenvalue weighted by atomic mass is 10.1. The van der Waals surface area contributed by atoms with Crippen LogP contribution in [-0.4, -0.2) is 21.2 Å². The maximum atomic E-state index is 12.2. The van der Waals surface area contributed by atoms with E-state index in [0.29, 0.717) is 5.56 Å². The first kappa shape index (κ1) is 13.5. The number of nitrogens with zero attached hydrogens (tertiary/aromatic N) is 3. The van der Waals surface area contributed by atoms with E-state index in [0.717, 1.165) is 34.0 Å². The van der Waals surface area contributed by atoms with E-state index in [1.165, 1.54) is 0 Å². The monoisotopic (exact) mass is 313 g/mol. The molecular weight excluding hydrogens is 298 g/mol. The number of aryl methyl sites for hydroxylation is 1. The zero-order chi connectivity index (χ0) is 15.6. The molecule has 5 nitrogen and oxygen atoms in total. The van der Waals surface area contributed by atoms with Crippen molar-refractivity contribution in [2.45, 2.75) is 19.2 Å². The zero-order valence-electron chi connectivity index (χ0n) is 12.5. The van der Waals surface area contributed by atoms with Crippen LogP contribution in [0, 0.1) is 13.8 Å². The van der Waals surface area contributed by atoms with Gasteiger partial charge in [0.05, 0.1) is 23.8 Å². The third kappa shape index (κ3) is 1.56. The summed E-state index contributed by atoms with van der Waals surface area (Å²) in [5.41, 5.74) is 4.21. The summed E-state index contributed by atoms with van der Waals surface area (Å²) in [5.74, 6) is 1.55. The molecule has 0 radical (unpaired) electrons. The molecule has 0 aliphatic carbocycles. The standard InChI is InChI=1S/C16H15N3O2S/c1-8-7-18-13(9(2)14(8)20)15(22)19-12-6-10(21-3)4-5-11(12)17-16(18)19/h4-7,15,22H,1-3H3. The number of rotatable bonds is 1. The number of ether oxygens (including phenoxy) is 1. The SMILES string of the molecule is COc1ccc2nc3n(c2c1)C(S)c1c(C)c(=O)c(C)cn1-3. The maximum Gasteiger partial charge on any atom is 0.216 e. The Morgan fingerprint density at radius 1 is 1.32 bits per heavy atom. The van der Waals surface area contributed by atoms with E-state index in [2.05, 4.69) is 0 Å². The first-order chi connectivity index (χ1) is 10.5. The van der Waals surface area contributed by atoms with Gasteiger partial charge in [-0.3, -0.25) is 13.9 Å². The second-order valence-corrected chi connectivity index (χ2v) is 6.02. The Labute approximate surface area is 132 Å². The quantitative estimate of drug-likeness (QED) is 0.703. The van der Waals surface area contributed by atoms with Crippen molar-refractivity contribution < 1.29 is 4.74 Å². The third-order valence-electron chi connectivity index (χ3n) is 4.25. The number of methoxy groups -OCH3 is 1. The van der Waals surface area contributed by atoms with Gasteiger partial charge in [-0.15, -0.1) is 12.6 Å². The van der Waals surface area contributed by atoms with Gasteiger partial charge in [-0.2, -0.15) is 0 Å². The molecule has 3 heterocycles. The lowest BCUT2D eigenvalue weighted by molar-refractivity contribution is 0.415. The van der Waals surface area contributed by atoms with E-state index < -0.39 is 0 Å². The first-order valence-corrected chi connectivity index (χ1v) is 7.51. The molecule has 1 aromatic carbocycles. The van der Waals surface area contributed by atoms with Crippen molar-refractivity contribution in [1.29, 1.82) is 0 Å². The van der Waals surface area contributed by atoms with Crippen LogP contribution < -0.4 is 10.2 Å². The van der Waals surface area contributed by atoms with E-state index >= 15 is 0 Å². The number of benzene rings is 1. The number of pyridine rings is 1. The van der Waals surface area contributed by atoms with Crippen LogP contribution in [0.15, 0.2) is 29.2 Å². The van der Waals surface area contributed by atoms with Crippen LogP contribution in [0.2, 0.25) is 0 Å². The van der Waals surface area contributed by atoms with Crippen molar-refractivity contribution in [2.75, 3.05) is 7.11 Å². The van der Waals surface area contributed by atoms with Crippen molar-refractivity contribution in [3.8, 4) is 11.7 Å². The topological polar surface area (TPSA) is 49.1 Å². The number of hydrogen-bond donors (Lipinski definition) is 1. The lowest BCUT2D eigenvalue weighted by Gasteiger charge is -2.11. The van der Waals surface area contributed by atoms with Crippen LogP contribution >= 0.6 is 12.6 Å². The third-order valence-corrected chi connectivity index (χ3v) is 4.72. The molecule has 1 aliphatic rings. The van der Waals surface area contributed by atoms with Crippen molar-refractivity contribution in [3.05, 3.63) is 51.4 Å². The fourth-order valence-electron chi connectivity index (χ4n) is 3.12. The fraction of sp³-hybridized carbons (Fsp3) is 0.250. The molecule has 0 bridgehead atoms. The molecule has 1 atom stereocenters. The summed E-state index contributed by atoms with van der Waals surface area (Å²) in [6.07, 6.45) is 1.84. The molecule has 22 heavy (non-hydrogen) atoms. The highest BCUT2D eigenvalue weighted by molar-refractivity contribution is 7.80. The van der Waals surface area contributed by atoms with Crippen molar-refractivity contribution in [3.63, 3.8) is 0 Å². The van der Waals surface area contributed by atoms with Gasteiger partial charge in [-0.25, -0.2) is 4.98 Å². The summed E-state index contributed by atoms with van der Waals surface area (Å²) in [6, 6.07) is 5.77.